The van der Waals surface area contributed by atoms with Crippen molar-refractivity contribution in [3.8, 4) is 0 Å². The van der Waals surface area contributed by atoms with Gasteiger partial charge in [0.1, 0.15) is 0 Å². The molecule has 2 N–H and O–H groups in total. The van der Waals surface area contributed by atoms with Crippen LogP contribution in [0.1, 0.15) is 47.1 Å². The molecule has 3 rings (SSSR count). The molecule has 3 aromatic rings. The van der Waals surface area contributed by atoms with E-state index in [9.17, 15) is 4.79 Å². The molecule has 5 nitrogen and oxygen atoms in total. The number of para-hydroxylation sites is 2. The van der Waals surface area contributed by atoms with E-state index in [0.717, 1.165) is 24.3 Å². The van der Waals surface area contributed by atoms with E-state index in [4.69, 9.17) is 14.3 Å². The first-order chi connectivity index (χ1) is 13.1. The molecule has 0 aliphatic carbocycles. The van der Waals surface area contributed by atoms with E-state index in [1.165, 1.54) is 12.0 Å². The first kappa shape index (κ1) is 25.2. The number of oxazole rings is 1. The van der Waals surface area contributed by atoms with Gasteiger partial charge in [0.05, 0.1) is 5.52 Å². The number of nitrogens with one attached hydrogen (secondary N) is 1. The van der Waals surface area contributed by atoms with Gasteiger partial charge in [-0.1, -0.05) is 77.1 Å². The fourth-order valence-electron chi connectivity index (χ4n) is 1.98. The summed E-state index contributed by atoms with van der Waals surface area (Å²) in [6.45, 7) is 12.1. The fraction of sp³-hybridized carbons (Fsp3) is 0.391. The van der Waals surface area contributed by atoms with E-state index < -0.39 is 11.7 Å². The molecule has 154 valence electrons. The Hall–Kier alpha value is -2.82. The van der Waals surface area contributed by atoms with Crippen molar-refractivity contribution in [1.82, 2.24) is 4.98 Å². The standard InChI is InChI=1S/C10H14.C7H5NO2.C4H10.C2H4O2/c1-9(2)8-10-6-4-3-5-7-10;9-7-8-5-3-1-2-4-6(5)10-7;1-4(2)3;1-2(3)4/h3-7,9H,8H2,1-2H3;1-4H,(H,8,9);4H,1-3H3;1H3,(H,3,4). The topological polar surface area (TPSA) is 83.3 Å². The van der Waals surface area contributed by atoms with Gasteiger partial charge >= 0.3 is 5.76 Å². The molecule has 2 aromatic carbocycles. The molecule has 0 atom stereocenters. The maximum atomic E-state index is 10.6. The molecule has 5 heteroatoms. The maximum Gasteiger partial charge on any atom is 0.417 e. The van der Waals surface area contributed by atoms with E-state index in [-0.39, 0.29) is 0 Å². The summed E-state index contributed by atoms with van der Waals surface area (Å²) in [5.41, 5.74) is 2.79. The highest BCUT2D eigenvalue weighted by atomic mass is 16.4. The summed E-state index contributed by atoms with van der Waals surface area (Å²) in [7, 11) is 0. The predicted molar refractivity (Wildman–Crippen MR) is 116 cm³/mol. The third kappa shape index (κ3) is 14.4. The minimum Gasteiger partial charge on any atom is -0.481 e. The minimum atomic E-state index is -0.833. The van der Waals surface area contributed by atoms with Crippen molar-refractivity contribution in [3.63, 3.8) is 0 Å². The van der Waals surface area contributed by atoms with Gasteiger partial charge in [-0.15, -0.1) is 0 Å². The van der Waals surface area contributed by atoms with Crippen LogP contribution < -0.4 is 5.76 Å². The average Bonchev–Trinajstić information content (AvgIpc) is 2.95. The number of fused-ring (bicyclic) bond motifs is 1. The first-order valence-corrected chi connectivity index (χ1v) is 9.43. The summed E-state index contributed by atoms with van der Waals surface area (Å²) in [6, 6.07) is 17.8. The number of carboxylic acids is 1. The number of aliphatic carboxylic acids is 1. The number of hydrogen-bond acceptors (Lipinski definition) is 3. The Bertz CT molecular complexity index is 789. The molecule has 0 amide bonds. The quantitative estimate of drug-likeness (QED) is 0.585. The molecule has 0 aliphatic heterocycles. The second kappa shape index (κ2) is 14.3. The van der Waals surface area contributed by atoms with Crippen molar-refractivity contribution in [2.24, 2.45) is 11.8 Å². The number of hydrogen-bond donors (Lipinski definition) is 2. The SMILES string of the molecule is CC(=O)O.CC(C)C.CC(C)Cc1ccccc1.O=c1[nH]c2ccccc2o1. The van der Waals surface area contributed by atoms with Crippen LogP contribution in [0.3, 0.4) is 0 Å². The number of benzene rings is 2. The third-order valence-corrected chi connectivity index (χ3v) is 2.81. The molecule has 1 heterocycles. The highest BCUT2D eigenvalue weighted by molar-refractivity contribution is 5.71. The molecular weight excluding hydrogens is 354 g/mol. The second-order valence-corrected chi connectivity index (χ2v) is 7.35. The van der Waals surface area contributed by atoms with Crippen molar-refractivity contribution >= 4 is 17.1 Å². The highest BCUT2D eigenvalue weighted by Gasteiger charge is 1.95. The summed E-state index contributed by atoms with van der Waals surface area (Å²) in [5.74, 6) is 0.364. The number of carbonyl (C=O) groups is 1. The maximum absolute atomic E-state index is 10.6. The van der Waals surface area contributed by atoms with Crippen molar-refractivity contribution in [2.75, 3.05) is 0 Å². The van der Waals surface area contributed by atoms with Crippen LogP contribution in [0.25, 0.3) is 11.1 Å². The highest BCUT2D eigenvalue weighted by Crippen LogP contribution is 2.07. The molecule has 0 aliphatic rings. The molecule has 0 saturated heterocycles. The first-order valence-electron chi connectivity index (χ1n) is 9.43. The van der Waals surface area contributed by atoms with Gasteiger partial charge in [-0.3, -0.25) is 9.78 Å². The third-order valence-electron chi connectivity index (χ3n) is 2.81. The van der Waals surface area contributed by atoms with Crippen LogP contribution in [-0.2, 0) is 11.2 Å². The van der Waals surface area contributed by atoms with Gasteiger partial charge in [-0.05, 0) is 36.0 Å². The van der Waals surface area contributed by atoms with Crippen LogP contribution in [0, 0.1) is 11.8 Å². The van der Waals surface area contributed by atoms with Gasteiger partial charge in [-0.2, -0.15) is 0 Å². The molecule has 0 unspecified atom stereocenters. The Morgan fingerprint density at radius 3 is 1.89 bits per heavy atom. The van der Waals surface area contributed by atoms with Crippen LogP contribution in [0.15, 0.2) is 63.8 Å². The minimum absolute atomic E-state index is 0.402. The summed E-state index contributed by atoms with van der Waals surface area (Å²) in [5, 5.41) is 7.42. The Labute approximate surface area is 167 Å². The monoisotopic (exact) mass is 387 g/mol. The largest absolute Gasteiger partial charge is 0.481 e. The fourth-order valence-corrected chi connectivity index (χ4v) is 1.98. The smallest absolute Gasteiger partial charge is 0.417 e. The summed E-state index contributed by atoms with van der Waals surface area (Å²) < 4.78 is 4.76. The summed E-state index contributed by atoms with van der Waals surface area (Å²) in [4.78, 5) is 22.1. The van der Waals surface area contributed by atoms with E-state index in [0.29, 0.717) is 5.58 Å². The van der Waals surface area contributed by atoms with E-state index in [1.807, 2.05) is 12.1 Å². The lowest BCUT2D eigenvalue weighted by molar-refractivity contribution is -0.134. The zero-order valence-corrected chi connectivity index (χ0v) is 17.7. The normalized spacial score (nSPS) is 9.57. The Morgan fingerprint density at radius 1 is 0.964 bits per heavy atom. The van der Waals surface area contributed by atoms with Gasteiger partial charge < -0.3 is 9.52 Å². The number of rotatable bonds is 2. The number of aromatic amines is 1. The van der Waals surface area contributed by atoms with Gasteiger partial charge in [0.2, 0.25) is 0 Å². The van der Waals surface area contributed by atoms with Gasteiger partial charge in [0.25, 0.3) is 5.97 Å². The van der Waals surface area contributed by atoms with E-state index in [1.54, 1.807) is 12.1 Å². The molecule has 28 heavy (non-hydrogen) atoms. The van der Waals surface area contributed by atoms with E-state index >= 15 is 0 Å². The molecule has 1 aromatic heterocycles. The van der Waals surface area contributed by atoms with Crippen LogP contribution in [-0.4, -0.2) is 16.1 Å². The van der Waals surface area contributed by atoms with Crippen molar-refractivity contribution < 1.29 is 14.3 Å². The Balaban J connectivity index is 0.000000382. The van der Waals surface area contributed by atoms with Crippen molar-refractivity contribution in [1.29, 1.82) is 0 Å². The molecule has 0 saturated carbocycles. The number of carboxylic acid groups (broad SMARTS) is 1. The predicted octanol–water partition coefficient (Wildman–Crippen LogP) is 5.76. The number of H-pyrrole nitrogens is 1. The molecular formula is C23H33NO4. The van der Waals surface area contributed by atoms with Crippen LogP contribution >= 0.6 is 0 Å². The lowest BCUT2D eigenvalue weighted by atomic mass is 10.0. The van der Waals surface area contributed by atoms with Crippen LogP contribution in [0.5, 0.6) is 0 Å². The summed E-state index contributed by atoms with van der Waals surface area (Å²) in [6.07, 6.45) is 1.20. The molecule has 0 fully saturated rings. The van der Waals surface area contributed by atoms with Crippen LogP contribution in [0.2, 0.25) is 0 Å². The lowest BCUT2D eigenvalue weighted by Crippen LogP contribution is -1.92. The molecule has 0 radical (unpaired) electrons. The van der Waals surface area contributed by atoms with Crippen molar-refractivity contribution in [3.05, 3.63) is 70.7 Å². The number of aromatic nitrogens is 1. The van der Waals surface area contributed by atoms with Crippen molar-refractivity contribution in [2.45, 2.75) is 48.0 Å². The zero-order valence-electron chi connectivity index (χ0n) is 17.7. The second-order valence-electron chi connectivity index (χ2n) is 7.35. The molecule has 0 spiro atoms. The van der Waals surface area contributed by atoms with Gasteiger partial charge in [0, 0.05) is 6.92 Å². The summed E-state index contributed by atoms with van der Waals surface area (Å²) >= 11 is 0. The average molecular weight is 388 g/mol. The van der Waals surface area contributed by atoms with Gasteiger partial charge in [-0.25, -0.2) is 4.79 Å². The van der Waals surface area contributed by atoms with E-state index in [2.05, 4.69) is 69.9 Å². The zero-order chi connectivity index (χ0) is 21.5. The Morgan fingerprint density at radius 2 is 1.43 bits per heavy atom. The van der Waals surface area contributed by atoms with Gasteiger partial charge in [0.15, 0.2) is 5.58 Å². The lowest BCUT2D eigenvalue weighted by Gasteiger charge is -2.02. The van der Waals surface area contributed by atoms with Crippen LogP contribution in [0.4, 0.5) is 0 Å². The molecule has 0 bridgehead atoms. The Kier molecular flexibility index (Phi) is 12.8.